The molecule has 1 fully saturated rings. The lowest BCUT2D eigenvalue weighted by molar-refractivity contribution is -0.134. The van der Waals surface area contributed by atoms with Gasteiger partial charge in [-0.15, -0.1) is 0 Å². The summed E-state index contributed by atoms with van der Waals surface area (Å²) in [6, 6.07) is 8.65. The molecule has 1 aromatic rings. The normalized spacial score (nSPS) is 17.1. The lowest BCUT2D eigenvalue weighted by Crippen LogP contribution is -2.41. The van der Waals surface area contributed by atoms with Crippen molar-refractivity contribution >= 4 is 21.5 Å². The van der Waals surface area contributed by atoms with Crippen molar-refractivity contribution in [1.82, 2.24) is 4.90 Å². The van der Waals surface area contributed by atoms with Gasteiger partial charge in [0.2, 0.25) is 0 Å². The molecule has 2 N–H and O–H groups in total. The second kappa shape index (κ2) is 7.79. The van der Waals surface area contributed by atoms with Crippen molar-refractivity contribution in [2.75, 3.05) is 36.5 Å². The number of nitrogens with zero attached hydrogens (tertiary/aromatic N) is 1. The number of nitrogens with one attached hydrogen (secondary N) is 1. The number of carboxylic acid groups (broad SMARTS) is 1. The number of hydrogen-bond donors (Lipinski definition) is 2. The minimum absolute atomic E-state index is 0.0880. The summed E-state index contributed by atoms with van der Waals surface area (Å²) in [5.41, 5.74) is 2.34. The van der Waals surface area contributed by atoms with E-state index in [9.17, 15) is 13.2 Å². The number of aryl methyl sites for hydroxylation is 1. The van der Waals surface area contributed by atoms with Gasteiger partial charge in [-0.05, 0) is 37.5 Å². The van der Waals surface area contributed by atoms with Gasteiger partial charge in [-0.1, -0.05) is 12.1 Å². The van der Waals surface area contributed by atoms with Crippen molar-refractivity contribution in [3.63, 3.8) is 0 Å². The summed E-state index contributed by atoms with van der Waals surface area (Å²) in [6.07, 6.45) is 1.90. The van der Waals surface area contributed by atoms with E-state index >= 15 is 0 Å². The van der Waals surface area contributed by atoms with Crippen molar-refractivity contribution in [3.8, 4) is 0 Å². The maximum absolute atomic E-state index is 11.6. The van der Waals surface area contributed by atoms with E-state index < -0.39 is 21.6 Å². The number of carboxylic acids is 1. The third-order valence-corrected chi connectivity index (χ3v) is 5.53. The highest BCUT2D eigenvalue weighted by atomic mass is 32.2. The average Bonchev–Trinajstić information content (AvgIpc) is 2.45. The van der Waals surface area contributed by atoms with E-state index in [1.807, 2.05) is 6.07 Å². The van der Waals surface area contributed by atoms with Gasteiger partial charge < -0.3 is 15.3 Å². The van der Waals surface area contributed by atoms with Crippen LogP contribution in [0, 0.1) is 6.92 Å². The van der Waals surface area contributed by atoms with Gasteiger partial charge >= 0.3 is 5.97 Å². The van der Waals surface area contributed by atoms with E-state index in [0.717, 1.165) is 31.6 Å². The van der Waals surface area contributed by atoms with Gasteiger partial charge in [0.1, 0.15) is 5.75 Å². The fourth-order valence-corrected chi connectivity index (χ4v) is 3.86. The van der Waals surface area contributed by atoms with Crippen LogP contribution in [0.2, 0.25) is 0 Å². The number of anilines is 1. The molecule has 1 aliphatic rings. The van der Waals surface area contributed by atoms with Gasteiger partial charge in [-0.25, -0.2) is 8.42 Å². The number of likely N-dealkylation sites (tertiary alicyclic amines) is 1. The molecule has 0 spiro atoms. The van der Waals surface area contributed by atoms with Gasteiger partial charge in [0, 0.05) is 31.4 Å². The SMILES string of the molecule is Cc1cccc(NC2CCN(CCS(=O)(=O)CC(=O)O)CC2)c1. The zero-order chi connectivity index (χ0) is 16.9. The summed E-state index contributed by atoms with van der Waals surface area (Å²) in [7, 11) is -3.50. The second-order valence-electron chi connectivity index (χ2n) is 6.12. The molecule has 128 valence electrons. The molecule has 0 radical (unpaired) electrons. The smallest absolute Gasteiger partial charge is 0.318 e. The lowest BCUT2D eigenvalue weighted by Gasteiger charge is -2.32. The van der Waals surface area contributed by atoms with E-state index in [0.29, 0.717) is 12.6 Å². The molecule has 23 heavy (non-hydrogen) atoms. The Morgan fingerprint density at radius 1 is 1.35 bits per heavy atom. The van der Waals surface area contributed by atoms with Crippen LogP contribution in [0.15, 0.2) is 24.3 Å². The molecule has 0 amide bonds. The zero-order valence-electron chi connectivity index (χ0n) is 13.4. The Labute approximate surface area is 137 Å². The summed E-state index contributed by atoms with van der Waals surface area (Å²) in [6.45, 7) is 4.12. The summed E-state index contributed by atoms with van der Waals surface area (Å²) >= 11 is 0. The van der Waals surface area contributed by atoms with Crippen molar-refractivity contribution < 1.29 is 18.3 Å². The molecular formula is C16H24N2O4S. The predicted octanol–water partition coefficient (Wildman–Crippen LogP) is 1.37. The number of benzene rings is 1. The number of carbonyl (C=O) groups is 1. The van der Waals surface area contributed by atoms with Crippen LogP contribution in [0.3, 0.4) is 0 Å². The van der Waals surface area contributed by atoms with Gasteiger partial charge in [-0.2, -0.15) is 0 Å². The first-order valence-electron chi connectivity index (χ1n) is 7.82. The summed E-state index contributed by atoms with van der Waals surface area (Å²) in [4.78, 5) is 12.6. The largest absolute Gasteiger partial charge is 0.480 e. The molecule has 1 saturated heterocycles. The number of rotatable bonds is 7. The molecular weight excluding hydrogens is 316 g/mol. The zero-order valence-corrected chi connectivity index (χ0v) is 14.2. The van der Waals surface area contributed by atoms with Gasteiger partial charge in [-0.3, -0.25) is 4.79 Å². The highest BCUT2D eigenvalue weighted by Gasteiger charge is 2.22. The Morgan fingerprint density at radius 3 is 2.65 bits per heavy atom. The van der Waals surface area contributed by atoms with Crippen molar-refractivity contribution in [2.45, 2.75) is 25.8 Å². The standard InChI is InChI=1S/C16H24N2O4S/c1-13-3-2-4-15(11-13)17-14-5-7-18(8-6-14)9-10-23(21,22)12-16(19)20/h2-4,11,14,17H,5-10,12H2,1H3,(H,19,20). The molecule has 0 unspecified atom stereocenters. The van der Waals surface area contributed by atoms with Crippen LogP contribution in [0.1, 0.15) is 18.4 Å². The number of hydrogen-bond acceptors (Lipinski definition) is 5. The molecule has 0 atom stereocenters. The van der Waals surface area contributed by atoms with Crippen LogP contribution in [0.25, 0.3) is 0 Å². The first-order valence-corrected chi connectivity index (χ1v) is 9.64. The molecule has 7 heteroatoms. The molecule has 0 aromatic heterocycles. The van der Waals surface area contributed by atoms with Crippen LogP contribution in [-0.4, -0.2) is 61.6 Å². The van der Waals surface area contributed by atoms with Crippen molar-refractivity contribution in [2.24, 2.45) is 0 Å². The van der Waals surface area contributed by atoms with E-state index in [1.165, 1.54) is 5.56 Å². The molecule has 1 aromatic carbocycles. The minimum Gasteiger partial charge on any atom is -0.480 e. The molecule has 1 heterocycles. The summed E-state index contributed by atoms with van der Waals surface area (Å²) in [5, 5.41) is 12.1. The Hall–Kier alpha value is -1.60. The highest BCUT2D eigenvalue weighted by Crippen LogP contribution is 2.17. The maximum atomic E-state index is 11.6. The summed E-state index contributed by atoms with van der Waals surface area (Å²) in [5.74, 6) is -2.15. The van der Waals surface area contributed by atoms with Crippen molar-refractivity contribution in [1.29, 1.82) is 0 Å². The fourth-order valence-electron chi connectivity index (χ4n) is 2.80. The first kappa shape index (κ1) is 17.7. The van der Waals surface area contributed by atoms with E-state index in [-0.39, 0.29) is 5.75 Å². The molecule has 6 nitrogen and oxygen atoms in total. The van der Waals surface area contributed by atoms with E-state index in [4.69, 9.17) is 5.11 Å². The topological polar surface area (TPSA) is 86.7 Å². The Balaban J connectivity index is 1.75. The van der Waals surface area contributed by atoms with Gasteiger partial charge in [0.05, 0.1) is 5.75 Å². The highest BCUT2D eigenvalue weighted by molar-refractivity contribution is 7.92. The van der Waals surface area contributed by atoms with E-state index in [1.54, 1.807) is 0 Å². The molecule has 1 aliphatic heterocycles. The predicted molar refractivity (Wildman–Crippen MR) is 90.6 cm³/mol. The number of sulfone groups is 1. The van der Waals surface area contributed by atoms with E-state index in [2.05, 4.69) is 35.3 Å². The lowest BCUT2D eigenvalue weighted by atomic mass is 10.0. The maximum Gasteiger partial charge on any atom is 0.318 e. The molecule has 0 bridgehead atoms. The van der Waals surface area contributed by atoms with Gasteiger partial charge in [0.25, 0.3) is 0 Å². The Morgan fingerprint density at radius 2 is 2.04 bits per heavy atom. The van der Waals surface area contributed by atoms with Gasteiger partial charge in [0.15, 0.2) is 9.84 Å². The second-order valence-corrected chi connectivity index (χ2v) is 8.30. The van der Waals surface area contributed by atoms with Crippen LogP contribution >= 0.6 is 0 Å². The fraction of sp³-hybridized carbons (Fsp3) is 0.562. The Kier molecular flexibility index (Phi) is 6.01. The third-order valence-electron chi connectivity index (χ3n) is 4.04. The third kappa shape index (κ3) is 6.19. The number of aliphatic carboxylic acids is 1. The monoisotopic (exact) mass is 340 g/mol. The molecule has 0 saturated carbocycles. The molecule has 2 rings (SSSR count). The first-order chi connectivity index (χ1) is 10.8. The average molecular weight is 340 g/mol. The Bertz CT molecular complexity index is 637. The van der Waals surface area contributed by atoms with Crippen LogP contribution in [0.5, 0.6) is 0 Å². The minimum atomic E-state index is -3.50. The van der Waals surface area contributed by atoms with Crippen LogP contribution in [-0.2, 0) is 14.6 Å². The van der Waals surface area contributed by atoms with Crippen LogP contribution < -0.4 is 5.32 Å². The summed E-state index contributed by atoms with van der Waals surface area (Å²) < 4.78 is 23.2. The van der Waals surface area contributed by atoms with Crippen LogP contribution in [0.4, 0.5) is 5.69 Å². The number of piperidine rings is 1. The molecule has 0 aliphatic carbocycles. The van der Waals surface area contributed by atoms with Crippen molar-refractivity contribution in [3.05, 3.63) is 29.8 Å². The quantitative estimate of drug-likeness (QED) is 0.780.